The van der Waals surface area contributed by atoms with E-state index in [9.17, 15) is 8.42 Å². The van der Waals surface area contributed by atoms with Crippen LogP contribution >= 0.6 is 0 Å². The van der Waals surface area contributed by atoms with Crippen molar-refractivity contribution in [2.75, 3.05) is 24.6 Å². The van der Waals surface area contributed by atoms with Crippen LogP contribution < -0.4 is 0 Å². The van der Waals surface area contributed by atoms with Gasteiger partial charge >= 0.3 is 0 Å². The van der Waals surface area contributed by atoms with Gasteiger partial charge in [-0.15, -0.1) is 0 Å². The van der Waals surface area contributed by atoms with Crippen molar-refractivity contribution < 1.29 is 12.8 Å². The second kappa shape index (κ2) is 6.22. The summed E-state index contributed by atoms with van der Waals surface area (Å²) in [7, 11) is -2.90. The zero-order valence-electron chi connectivity index (χ0n) is 12.6. The smallest absolute Gasteiger partial charge is 0.211 e. The first-order valence-electron chi connectivity index (χ1n) is 7.51. The molecule has 0 N–H and O–H groups in total. The van der Waals surface area contributed by atoms with Crippen molar-refractivity contribution in [2.24, 2.45) is 0 Å². The lowest BCUT2D eigenvalue weighted by atomic mass is 10.2. The molecule has 6 heteroatoms. The second-order valence-corrected chi connectivity index (χ2v) is 7.95. The fourth-order valence-electron chi connectivity index (χ4n) is 2.72. The highest BCUT2D eigenvalue weighted by molar-refractivity contribution is 7.91. The van der Waals surface area contributed by atoms with E-state index in [-0.39, 0.29) is 17.5 Å². The lowest BCUT2D eigenvalue weighted by Gasteiger charge is -2.24. The van der Waals surface area contributed by atoms with Gasteiger partial charge in [0.15, 0.2) is 15.6 Å². The van der Waals surface area contributed by atoms with Gasteiger partial charge in [-0.2, -0.15) is 0 Å². The summed E-state index contributed by atoms with van der Waals surface area (Å²) in [5, 5.41) is 0. The van der Waals surface area contributed by atoms with Crippen molar-refractivity contribution in [3.63, 3.8) is 0 Å². The molecule has 1 aromatic heterocycles. The van der Waals surface area contributed by atoms with Crippen LogP contribution in [0.25, 0.3) is 11.3 Å². The first-order chi connectivity index (χ1) is 10.6. The minimum Gasteiger partial charge on any atom is -0.439 e. The van der Waals surface area contributed by atoms with Crippen LogP contribution in [-0.4, -0.2) is 42.9 Å². The van der Waals surface area contributed by atoms with Gasteiger partial charge < -0.3 is 4.42 Å². The van der Waals surface area contributed by atoms with Crippen LogP contribution in [0.4, 0.5) is 0 Å². The van der Waals surface area contributed by atoms with Crippen molar-refractivity contribution in [2.45, 2.75) is 19.4 Å². The molecule has 0 unspecified atom stereocenters. The average molecular weight is 320 g/mol. The topological polar surface area (TPSA) is 63.4 Å². The molecular weight excluding hydrogens is 300 g/mol. The average Bonchev–Trinajstić information content (AvgIpc) is 2.93. The molecule has 1 aromatic carbocycles. The summed E-state index contributed by atoms with van der Waals surface area (Å²) in [5.41, 5.74) is 0.992. The summed E-state index contributed by atoms with van der Waals surface area (Å²) in [5.74, 6) is 1.86. The van der Waals surface area contributed by atoms with E-state index >= 15 is 0 Å². The molecule has 0 aliphatic carbocycles. The van der Waals surface area contributed by atoms with Gasteiger partial charge in [0.1, 0.15) is 0 Å². The molecule has 1 saturated heterocycles. The van der Waals surface area contributed by atoms with Gasteiger partial charge in [0.25, 0.3) is 0 Å². The molecule has 22 heavy (non-hydrogen) atoms. The predicted octanol–water partition coefficient (Wildman–Crippen LogP) is 2.52. The van der Waals surface area contributed by atoms with Crippen LogP contribution in [0.2, 0.25) is 0 Å². The van der Waals surface area contributed by atoms with Crippen molar-refractivity contribution in [3.8, 4) is 11.3 Å². The molecule has 0 amide bonds. The van der Waals surface area contributed by atoms with Crippen LogP contribution in [0.1, 0.15) is 25.3 Å². The lowest BCUT2D eigenvalue weighted by Crippen LogP contribution is -2.30. The molecule has 2 aromatic rings. The fourth-order valence-corrected chi connectivity index (χ4v) is 4.00. The third-order valence-corrected chi connectivity index (χ3v) is 5.79. The van der Waals surface area contributed by atoms with E-state index in [0.29, 0.717) is 18.9 Å². The van der Waals surface area contributed by atoms with E-state index in [1.165, 1.54) is 0 Å². The van der Waals surface area contributed by atoms with Gasteiger partial charge in [0.2, 0.25) is 5.89 Å². The predicted molar refractivity (Wildman–Crippen MR) is 85.2 cm³/mol. The quantitative estimate of drug-likeness (QED) is 0.869. The lowest BCUT2D eigenvalue weighted by molar-refractivity contribution is 0.197. The zero-order chi connectivity index (χ0) is 15.6. The van der Waals surface area contributed by atoms with Gasteiger partial charge in [-0.3, -0.25) is 4.90 Å². The number of nitrogens with zero attached hydrogens (tertiary/aromatic N) is 2. The number of aromatic nitrogens is 1. The molecule has 0 bridgehead atoms. The van der Waals surface area contributed by atoms with E-state index in [1.54, 1.807) is 6.20 Å². The number of oxazole rings is 1. The zero-order valence-corrected chi connectivity index (χ0v) is 13.4. The Kier molecular flexibility index (Phi) is 4.31. The highest BCUT2D eigenvalue weighted by Crippen LogP contribution is 2.26. The van der Waals surface area contributed by atoms with Crippen LogP contribution in [0.15, 0.2) is 40.9 Å². The molecule has 1 fully saturated rings. The van der Waals surface area contributed by atoms with Crippen LogP contribution in [0.5, 0.6) is 0 Å². The normalized spacial score (nSPS) is 20.4. The summed E-state index contributed by atoms with van der Waals surface area (Å²) in [6.45, 7) is 3.30. The highest BCUT2D eigenvalue weighted by Gasteiger charge is 2.25. The molecular formula is C16H20N2O3S. The molecule has 2 heterocycles. The monoisotopic (exact) mass is 320 g/mol. The SMILES string of the molecule is C[C@H](c1ncc(-c2ccccc2)o1)N1CCCS(=O)(=O)CC1. The largest absolute Gasteiger partial charge is 0.439 e. The summed E-state index contributed by atoms with van der Waals surface area (Å²) >= 11 is 0. The maximum atomic E-state index is 11.7. The highest BCUT2D eigenvalue weighted by atomic mass is 32.2. The van der Waals surface area contributed by atoms with Gasteiger partial charge in [-0.25, -0.2) is 13.4 Å². The van der Waals surface area contributed by atoms with E-state index < -0.39 is 9.84 Å². The van der Waals surface area contributed by atoms with E-state index in [4.69, 9.17) is 4.42 Å². The Morgan fingerprint density at radius 3 is 2.73 bits per heavy atom. The molecule has 0 saturated carbocycles. The summed E-state index contributed by atoms with van der Waals surface area (Å²) < 4.78 is 29.3. The van der Waals surface area contributed by atoms with Gasteiger partial charge in [-0.05, 0) is 19.9 Å². The summed E-state index contributed by atoms with van der Waals surface area (Å²) in [4.78, 5) is 6.51. The first kappa shape index (κ1) is 15.2. The number of hydrogen-bond acceptors (Lipinski definition) is 5. The summed E-state index contributed by atoms with van der Waals surface area (Å²) in [6, 6.07) is 9.81. The number of benzene rings is 1. The van der Waals surface area contributed by atoms with Crippen molar-refractivity contribution in [3.05, 3.63) is 42.4 Å². The molecule has 3 rings (SSSR count). The Hall–Kier alpha value is -1.66. The van der Waals surface area contributed by atoms with Crippen LogP contribution in [0, 0.1) is 0 Å². The fraction of sp³-hybridized carbons (Fsp3) is 0.438. The minimum absolute atomic E-state index is 0.0224. The maximum Gasteiger partial charge on any atom is 0.211 e. The van der Waals surface area contributed by atoms with Gasteiger partial charge in [0.05, 0.1) is 23.7 Å². The second-order valence-electron chi connectivity index (χ2n) is 5.65. The van der Waals surface area contributed by atoms with E-state index in [0.717, 1.165) is 17.9 Å². The Balaban J connectivity index is 1.75. The maximum absolute atomic E-state index is 11.7. The Morgan fingerprint density at radius 2 is 1.95 bits per heavy atom. The van der Waals surface area contributed by atoms with E-state index in [2.05, 4.69) is 9.88 Å². The van der Waals surface area contributed by atoms with Gasteiger partial charge in [0, 0.05) is 12.1 Å². The molecule has 1 aliphatic heterocycles. The molecule has 1 atom stereocenters. The number of hydrogen-bond donors (Lipinski definition) is 0. The van der Waals surface area contributed by atoms with Crippen LogP contribution in [-0.2, 0) is 9.84 Å². The minimum atomic E-state index is -2.90. The van der Waals surface area contributed by atoms with E-state index in [1.807, 2.05) is 37.3 Å². The first-order valence-corrected chi connectivity index (χ1v) is 9.33. The van der Waals surface area contributed by atoms with Gasteiger partial charge in [-0.1, -0.05) is 30.3 Å². The molecule has 1 aliphatic rings. The summed E-state index contributed by atoms with van der Waals surface area (Å²) in [6.07, 6.45) is 2.40. The standard InChI is InChI=1S/C16H20N2O3S/c1-13(18-8-5-10-22(19,20)11-9-18)16-17-12-15(21-16)14-6-3-2-4-7-14/h2-4,6-7,12-13H,5,8-11H2,1H3/t13-/m1/s1. The molecule has 0 radical (unpaired) electrons. The third kappa shape index (κ3) is 3.39. The third-order valence-electron chi connectivity index (χ3n) is 4.08. The van der Waals surface area contributed by atoms with Crippen molar-refractivity contribution in [1.82, 2.24) is 9.88 Å². The Labute approximate surface area is 130 Å². The van der Waals surface area contributed by atoms with Crippen molar-refractivity contribution >= 4 is 9.84 Å². The molecule has 5 nitrogen and oxygen atoms in total. The molecule has 118 valence electrons. The molecule has 0 spiro atoms. The number of sulfone groups is 1. The van der Waals surface area contributed by atoms with Crippen LogP contribution in [0.3, 0.4) is 0 Å². The number of rotatable bonds is 3. The Bertz CT molecular complexity index is 725. The van der Waals surface area contributed by atoms with Crippen molar-refractivity contribution in [1.29, 1.82) is 0 Å². The Morgan fingerprint density at radius 1 is 1.18 bits per heavy atom.